The zero-order chi connectivity index (χ0) is 14.8. The van der Waals surface area contributed by atoms with Gasteiger partial charge in [0.25, 0.3) is 0 Å². The lowest BCUT2D eigenvalue weighted by Gasteiger charge is -2.43. The van der Waals surface area contributed by atoms with E-state index >= 15 is 0 Å². The lowest BCUT2D eigenvalue weighted by Crippen LogP contribution is -2.50. The molecular weight excluding hydrogens is 260 g/mol. The molecule has 1 aliphatic carbocycles. The number of hydrogen-bond acceptors (Lipinski definition) is 3. The molecule has 1 N–H and O–H groups in total. The topological polar surface area (TPSA) is 26.7 Å². The molecule has 2 unspecified atom stereocenters. The summed E-state index contributed by atoms with van der Waals surface area (Å²) in [6, 6.07) is 7.25. The van der Waals surface area contributed by atoms with Crippen molar-refractivity contribution >= 4 is 0 Å². The fourth-order valence-electron chi connectivity index (χ4n) is 3.90. The second-order valence-corrected chi connectivity index (χ2v) is 6.62. The molecule has 2 aliphatic rings. The lowest BCUT2D eigenvalue weighted by molar-refractivity contribution is 0.0663. The van der Waals surface area contributed by atoms with Crippen LogP contribution in [0.2, 0.25) is 0 Å². The van der Waals surface area contributed by atoms with Crippen molar-refractivity contribution in [1.82, 2.24) is 9.80 Å². The minimum absolute atomic E-state index is 0.413. The van der Waals surface area contributed by atoms with E-state index in [1.54, 1.807) is 0 Å². The van der Waals surface area contributed by atoms with Crippen molar-refractivity contribution in [2.75, 3.05) is 26.2 Å². The third-order valence-electron chi connectivity index (χ3n) is 5.41. The van der Waals surface area contributed by atoms with Crippen LogP contribution < -0.4 is 0 Å². The predicted molar refractivity (Wildman–Crippen MR) is 86.7 cm³/mol. The number of aryl methyl sites for hydroxylation is 1. The quantitative estimate of drug-likeness (QED) is 0.925. The predicted octanol–water partition coefficient (Wildman–Crippen LogP) is 3.19. The second-order valence-electron chi connectivity index (χ2n) is 6.62. The van der Waals surface area contributed by atoms with Crippen LogP contribution in [0.4, 0.5) is 0 Å². The summed E-state index contributed by atoms with van der Waals surface area (Å²) in [6.07, 6.45) is 4.87. The van der Waals surface area contributed by atoms with Gasteiger partial charge in [0.1, 0.15) is 5.75 Å². The van der Waals surface area contributed by atoms with Gasteiger partial charge in [-0.25, -0.2) is 0 Å². The molecule has 1 aliphatic heterocycles. The molecule has 0 bridgehead atoms. The van der Waals surface area contributed by atoms with Crippen LogP contribution in [0.15, 0.2) is 18.2 Å². The third-order valence-corrected chi connectivity index (χ3v) is 5.41. The molecule has 1 heterocycles. The molecule has 1 aromatic rings. The standard InChI is InChI=1S/C18H28N2O/c1-3-14(2)19-9-11-20(12-10-19)18-6-4-5-15-13-16(21)7-8-17(15)18/h7-8,13-14,18,21H,3-6,9-12H2,1-2H3. The number of nitrogens with zero attached hydrogens (tertiary/aromatic N) is 2. The van der Waals surface area contributed by atoms with Gasteiger partial charge in [0.05, 0.1) is 0 Å². The first-order valence-corrected chi connectivity index (χ1v) is 8.49. The Morgan fingerprint density at radius 2 is 2.00 bits per heavy atom. The number of fused-ring (bicyclic) bond motifs is 1. The summed E-state index contributed by atoms with van der Waals surface area (Å²) < 4.78 is 0. The lowest BCUT2D eigenvalue weighted by atomic mass is 9.86. The van der Waals surface area contributed by atoms with Gasteiger partial charge in [-0.3, -0.25) is 9.80 Å². The molecule has 3 nitrogen and oxygen atoms in total. The van der Waals surface area contributed by atoms with Gasteiger partial charge in [0, 0.05) is 38.3 Å². The molecule has 0 saturated carbocycles. The number of phenolic OH excluding ortho intramolecular Hbond substituents is 1. The number of rotatable bonds is 3. The minimum Gasteiger partial charge on any atom is -0.508 e. The highest BCUT2D eigenvalue weighted by Gasteiger charge is 2.29. The number of phenols is 1. The Morgan fingerprint density at radius 1 is 1.24 bits per heavy atom. The molecule has 0 amide bonds. The van der Waals surface area contributed by atoms with E-state index in [4.69, 9.17) is 0 Å². The SMILES string of the molecule is CCC(C)N1CCN(C2CCCc3cc(O)ccc32)CC1. The van der Waals surface area contributed by atoms with Crippen LogP contribution in [0.1, 0.15) is 50.3 Å². The van der Waals surface area contributed by atoms with E-state index in [0.29, 0.717) is 17.8 Å². The van der Waals surface area contributed by atoms with E-state index in [1.165, 1.54) is 56.6 Å². The Balaban J connectivity index is 1.70. The number of hydrogen-bond donors (Lipinski definition) is 1. The Kier molecular flexibility index (Phi) is 4.51. The minimum atomic E-state index is 0.413. The van der Waals surface area contributed by atoms with E-state index < -0.39 is 0 Å². The van der Waals surface area contributed by atoms with Gasteiger partial charge in [-0.05, 0) is 55.9 Å². The smallest absolute Gasteiger partial charge is 0.115 e. The number of aromatic hydroxyl groups is 1. The summed E-state index contributed by atoms with van der Waals surface area (Å²) in [7, 11) is 0. The van der Waals surface area contributed by atoms with E-state index in [0.717, 1.165) is 6.42 Å². The first-order chi connectivity index (χ1) is 10.2. The van der Waals surface area contributed by atoms with Gasteiger partial charge < -0.3 is 5.11 Å². The molecule has 0 aromatic heterocycles. The molecule has 116 valence electrons. The summed E-state index contributed by atoms with van der Waals surface area (Å²) in [4.78, 5) is 5.28. The van der Waals surface area contributed by atoms with Crippen LogP contribution in [0.5, 0.6) is 5.75 Å². The van der Waals surface area contributed by atoms with Crippen LogP contribution in [-0.2, 0) is 6.42 Å². The molecule has 1 fully saturated rings. The van der Waals surface area contributed by atoms with E-state index in [-0.39, 0.29) is 0 Å². The fourth-order valence-corrected chi connectivity index (χ4v) is 3.90. The molecule has 0 spiro atoms. The summed E-state index contributed by atoms with van der Waals surface area (Å²) in [5.41, 5.74) is 2.81. The van der Waals surface area contributed by atoms with Gasteiger partial charge in [0.15, 0.2) is 0 Å². The second kappa shape index (κ2) is 6.37. The first kappa shape index (κ1) is 14.9. The zero-order valence-corrected chi connectivity index (χ0v) is 13.4. The van der Waals surface area contributed by atoms with Crippen LogP contribution in [-0.4, -0.2) is 47.1 Å². The van der Waals surface area contributed by atoms with Gasteiger partial charge in [0.2, 0.25) is 0 Å². The highest BCUT2D eigenvalue weighted by Crippen LogP contribution is 2.36. The third kappa shape index (κ3) is 3.09. The monoisotopic (exact) mass is 288 g/mol. The first-order valence-electron chi connectivity index (χ1n) is 8.49. The van der Waals surface area contributed by atoms with Crippen molar-refractivity contribution in [1.29, 1.82) is 0 Å². The normalized spacial score (nSPS) is 25.5. The van der Waals surface area contributed by atoms with Gasteiger partial charge in [-0.1, -0.05) is 13.0 Å². The molecule has 3 rings (SSSR count). The average Bonchev–Trinajstić information content (AvgIpc) is 2.53. The van der Waals surface area contributed by atoms with E-state index in [2.05, 4.69) is 29.7 Å². The largest absolute Gasteiger partial charge is 0.508 e. The van der Waals surface area contributed by atoms with Crippen molar-refractivity contribution in [2.45, 2.75) is 51.6 Å². The van der Waals surface area contributed by atoms with Gasteiger partial charge >= 0.3 is 0 Å². The molecule has 21 heavy (non-hydrogen) atoms. The molecule has 3 heteroatoms. The van der Waals surface area contributed by atoms with Crippen LogP contribution in [0, 0.1) is 0 Å². The van der Waals surface area contributed by atoms with Crippen molar-refractivity contribution in [3.63, 3.8) is 0 Å². The van der Waals surface area contributed by atoms with Crippen molar-refractivity contribution in [3.05, 3.63) is 29.3 Å². The Morgan fingerprint density at radius 3 is 2.71 bits per heavy atom. The fraction of sp³-hybridized carbons (Fsp3) is 0.667. The Bertz CT molecular complexity index is 480. The molecule has 1 aromatic carbocycles. The molecule has 0 radical (unpaired) electrons. The summed E-state index contributed by atoms with van der Waals surface area (Å²) in [5.74, 6) is 0.413. The van der Waals surface area contributed by atoms with Crippen molar-refractivity contribution in [2.24, 2.45) is 0 Å². The Hall–Kier alpha value is -1.06. The maximum atomic E-state index is 9.69. The number of piperazine rings is 1. The number of benzene rings is 1. The summed E-state index contributed by atoms with van der Waals surface area (Å²) in [6.45, 7) is 9.36. The van der Waals surface area contributed by atoms with Crippen molar-refractivity contribution < 1.29 is 5.11 Å². The van der Waals surface area contributed by atoms with Crippen LogP contribution in [0.25, 0.3) is 0 Å². The van der Waals surface area contributed by atoms with Crippen LogP contribution >= 0.6 is 0 Å². The van der Waals surface area contributed by atoms with Gasteiger partial charge in [-0.2, -0.15) is 0 Å². The van der Waals surface area contributed by atoms with Gasteiger partial charge in [-0.15, -0.1) is 0 Å². The average molecular weight is 288 g/mol. The summed E-state index contributed by atoms with van der Waals surface area (Å²) in [5, 5.41) is 9.69. The molecule has 2 atom stereocenters. The van der Waals surface area contributed by atoms with E-state index in [9.17, 15) is 5.11 Å². The zero-order valence-electron chi connectivity index (χ0n) is 13.4. The maximum absolute atomic E-state index is 9.69. The maximum Gasteiger partial charge on any atom is 0.115 e. The molecular formula is C18H28N2O. The van der Waals surface area contributed by atoms with Crippen LogP contribution in [0.3, 0.4) is 0 Å². The highest BCUT2D eigenvalue weighted by atomic mass is 16.3. The van der Waals surface area contributed by atoms with Crippen molar-refractivity contribution in [3.8, 4) is 5.75 Å². The van der Waals surface area contributed by atoms with E-state index in [1.807, 2.05) is 12.1 Å². The Labute approximate surface area is 128 Å². The molecule has 1 saturated heterocycles. The summed E-state index contributed by atoms with van der Waals surface area (Å²) >= 11 is 0. The highest BCUT2D eigenvalue weighted by molar-refractivity contribution is 5.38.